The van der Waals surface area contributed by atoms with Gasteiger partial charge in [0.25, 0.3) is 18.3 Å². The molecule has 174 valence electrons. The zero-order valence-electron chi connectivity index (χ0n) is 18.4. The molecule has 5 rings (SSSR count). The average Bonchev–Trinajstić information content (AvgIpc) is 3.34. The molecule has 3 aliphatic rings. The quantitative estimate of drug-likeness (QED) is 0.653. The molecule has 1 saturated heterocycles. The van der Waals surface area contributed by atoms with Crippen molar-refractivity contribution in [2.45, 2.75) is 25.7 Å². The number of hydrogen-bond donors (Lipinski definition) is 2. The summed E-state index contributed by atoms with van der Waals surface area (Å²) in [6.07, 6.45) is 4.29. The number of hydrogen-bond acceptors (Lipinski definition) is 5. The van der Waals surface area contributed by atoms with Gasteiger partial charge in [0.2, 0.25) is 6.79 Å². The van der Waals surface area contributed by atoms with Crippen molar-refractivity contribution in [1.82, 2.24) is 10.2 Å². The number of ether oxygens (including phenoxy) is 2. The maximum atomic E-state index is 12.9. The number of carbonyl (C=O) groups excluding carboxylic acids is 2. The summed E-state index contributed by atoms with van der Waals surface area (Å²) >= 11 is 0. The van der Waals surface area contributed by atoms with Crippen LogP contribution in [0.1, 0.15) is 45.5 Å². The van der Waals surface area contributed by atoms with Gasteiger partial charge < -0.3 is 24.8 Å². The molecule has 0 radical (unpaired) electrons. The summed E-state index contributed by atoms with van der Waals surface area (Å²) in [6, 6.07) is 13.2. The standard InChI is InChI=1S/C24H26N2O4.CH2O2/c27-23(25-13-16-4-5-16)19-3-1-2-17(11-19)10-18-8-9-26(14-18)24(28)20-6-7-21-22(12-20)30-15-29-21;2-1-3/h1-3,6-7,11-12,16,18H,4-5,8-10,13-15H2,(H,25,27);1H,(H,2,3). The van der Waals surface area contributed by atoms with Gasteiger partial charge in [-0.05, 0) is 73.4 Å². The van der Waals surface area contributed by atoms with E-state index in [0.717, 1.165) is 43.6 Å². The molecule has 2 fully saturated rings. The largest absolute Gasteiger partial charge is 0.483 e. The van der Waals surface area contributed by atoms with Gasteiger partial charge in [-0.1, -0.05) is 12.1 Å². The molecular weight excluding hydrogens is 424 g/mol. The van der Waals surface area contributed by atoms with Crippen LogP contribution < -0.4 is 14.8 Å². The van der Waals surface area contributed by atoms with Crippen LogP contribution in [0, 0.1) is 11.8 Å². The Labute approximate surface area is 192 Å². The highest BCUT2D eigenvalue weighted by molar-refractivity contribution is 5.95. The highest BCUT2D eigenvalue weighted by atomic mass is 16.7. The zero-order chi connectivity index (χ0) is 23.2. The second-order valence-corrected chi connectivity index (χ2v) is 8.64. The third kappa shape index (κ3) is 5.83. The van der Waals surface area contributed by atoms with Gasteiger partial charge in [0.15, 0.2) is 11.5 Å². The lowest BCUT2D eigenvalue weighted by Crippen LogP contribution is -2.29. The number of benzene rings is 2. The predicted molar refractivity (Wildman–Crippen MR) is 120 cm³/mol. The first-order valence-electron chi connectivity index (χ1n) is 11.2. The number of nitrogens with one attached hydrogen (secondary N) is 1. The summed E-state index contributed by atoms with van der Waals surface area (Å²) in [7, 11) is 0. The van der Waals surface area contributed by atoms with Gasteiger partial charge in [-0.25, -0.2) is 0 Å². The third-order valence-electron chi connectivity index (χ3n) is 6.15. The minimum absolute atomic E-state index is 0.00906. The van der Waals surface area contributed by atoms with E-state index in [2.05, 4.69) is 11.4 Å². The maximum Gasteiger partial charge on any atom is 0.290 e. The first-order chi connectivity index (χ1) is 16.1. The Morgan fingerprint density at radius 3 is 2.61 bits per heavy atom. The van der Waals surface area contributed by atoms with Gasteiger partial charge in [0, 0.05) is 30.8 Å². The summed E-state index contributed by atoms with van der Waals surface area (Å²) in [4.78, 5) is 35.5. The lowest BCUT2D eigenvalue weighted by molar-refractivity contribution is -0.122. The summed E-state index contributed by atoms with van der Waals surface area (Å²) in [5.41, 5.74) is 2.50. The normalized spacial score (nSPS) is 18.3. The lowest BCUT2D eigenvalue weighted by Gasteiger charge is -2.17. The van der Waals surface area contributed by atoms with Crippen molar-refractivity contribution in [2.24, 2.45) is 11.8 Å². The maximum absolute atomic E-state index is 12.9. The fourth-order valence-corrected chi connectivity index (χ4v) is 4.23. The van der Waals surface area contributed by atoms with Crippen molar-refractivity contribution in [2.75, 3.05) is 26.4 Å². The third-order valence-corrected chi connectivity index (χ3v) is 6.15. The number of likely N-dealkylation sites (tertiary alicyclic amines) is 1. The van der Waals surface area contributed by atoms with Gasteiger partial charge in [-0.2, -0.15) is 0 Å². The van der Waals surface area contributed by atoms with Crippen molar-refractivity contribution >= 4 is 18.3 Å². The van der Waals surface area contributed by atoms with Crippen molar-refractivity contribution in [1.29, 1.82) is 0 Å². The molecule has 2 aliphatic heterocycles. The van der Waals surface area contributed by atoms with Gasteiger partial charge in [0.05, 0.1) is 0 Å². The van der Waals surface area contributed by atoms with Crippen molar-refractivity contribution in [3.63, 3.8) is 0 Å². The van der Waals surface area contributed by atoms with E-state index in [-0.39, 0.29) is 25.1 Å². The van der Waals surface area contributed by atoms with Crippen LogP contribution in [-0.4, -0.2) is 54.7 Å². The monoisotopic (exact) mass is 452 g/mol. The Kier molecular flexibility index (Phi) is 7.12. The molecule has 33 heavy (non-hydrogen) atoms. The first kappa shape index (κ1) is 22.6. The van der Waals surface area contributed by atoms with Crippen LogP contribution in [0.2, 0.25) is 0 Å². The van der Waals surface area contributed by atoms with Crippen molar-refractivity contribution in [3.8, 4) is 11.5 Å². The van der Waals surface area contributed by atoms with Crippen molar-refractivity contribution in [3.05, 3.63) is 59.2 Å². The first-order valence-corrected chi connectivity index (χ1v) is 11.2. The molecule has 1 aliphatic carbocycles. The van der Waals surface area contributed by atoms with E-state index >= 15 is 0 Å². The molecule has 2 aromatic rings. The molecule has 2 heterocycles. The highest BCUT2D eigenvalue weighted by Gasteiger charge is 2.28. The molecule has 0 bridgehead atoms. The van der Waals surface area contributed by atoms with Crippen LogP contribution >= 0.6 is 0 Å². The zero-order valence-corrected chi connectivity index (χ0v) is 18.4. The van der Waals surface area contributed by atoms with Crippen LogP contribution in [0.15, 0.2) is 42.5 Å². The lowest BCUT2D eigenvalue weighted by atomic mass is 9.97. The number of rotatable bonds is 6. The van der Waals surface area contributed by atoms with Gasteiger partial charge in [0.1, 0.15) is 0 Å². The van der Waals surface area contributed by atoms with Crippen LogP contribution in [0.5, 0.6) is 11.5 Å². The Balaban J connectivity index is 0.000000821. The Morgan fingerprint density at radius 1 is 1.03 bits per heavy atom. The van der Waals surface area contributed by atoms with Crippen LogP contribution in [0.25, 0.3) is 0 Å². The molecule has 8 heteroatoms. The van der Waals surface area contributed by atoms with E-state index in [9.17, 15) is 9.59 Å². The average molecular weight is 453 g/mol. The Hall–Kier alpha value is -3.55. The predicted octanol–water partition coefficient (Wildman–Crippen LogP) is 2.96. The molecule has 0 spiro atoms. The number of carbonyl (C=O) groups is 3. The summed E-state index contributed by atoms with van der Waals surface area (Å²) in [5, 5.41) is 9.92. The molecule has 8 nitrogen and oxygen atoms in total. The van der Waals surface area contributed by atoms with E-state index in [1.807, 2.05) is 23.1 Å². The van der Waals surface area contributed by atoms with Crippen molar-refractivity contribution < 1.29 is 29.0 Å². The molecule has 0 aromatic heterocycles. The Morgan fingerprint density at radius 2 is 1.82 bits per heavy atom. The minimum Gasteiger partial charge on any atom is -0.483 e. The van der Waals surface area contributed by atoms with Gasteiger partial charge in [-0.3, -0.25) is 14.4 Å². The number of fused-ring (bicyclic) bond motifs is 1. The minimum atomic E-state index is -0.250. The molecule has 1 unspecified atom stereocenters. The van der Waals surface area contributed by atoms with Gasteiger partial charge >= 0.3 is 0 Å². The Bertz CT molecular complexity index is 1020. The summed E-state index contributed by atoms with van der Waals surface area (Å²) < 4.78 is 10.7. The second-order valence-electron chi connectivity index (χ2n) is 8.64. The van der Waals surface area contributed by atoms with Crippen LogP contribution in [0.4, 0.5) is 0 Å². The molecule has 2 N–H and O–H groups in total. The molecule has 1 saturated carbocycles. The molecule has 1 atom stereocenters. The van der Waals surface area contributed by atoms with E-state index in [1.54, 1.807) is 18.2 Å². The van der Waals surface area contributed by atoms with E-state index in [0.29, 0.717) is 28.9 Å². The van der Waals surface area contributed by atoms with Crippen LogP contribution in [0.3, 0.4) is 0 Å². The number of nitrogens with zero attached hydrogens (tertiary/aromatic N) is 1. The highest BCUT2D eigenvalue weighted by Crippen LogP contribution is 2.33. The molecule has 2 amide bonds. The van der Waals surface area contributed by atoms with E-state index < -0.39 is 0 Å². The number of carboxylic acid groups (broad SMARTS) is 1. The van der Waals surface area contributed by atoms with Crippen LogP contribution in [-0.2, 0) is 11.2 Å². The summed E-state index contributed by atoms with van der Waals surface area (Å²) in [5.74, 6) is 2.43. The summed E-state index contributed by atoms with van der Waals surface area (Å²) in [6.45, 7) is 2.21. The topological polar surface area (TPSA) is 105 Å². The SMILES string of the molecule is O=C(NCC1CC1)c1cccc(CC2CCN(C(=O)c3ccc4c(c3)OCO4)C2)c1.O=CO. The van der Waals surface area contributed by atoms with E-state index in [1.165, 1.54) is 12.8 Å². The number of amides is 2. The van der Waals surface area contributed by atoms with E-state index in [4.69, 9.17) is 19.4 Å². The fourth-order valence-electron chi connectivity index (χ4n) is 4.23. The fraction of sp³-hybridized carbons (Fsp3) is 0.400. The van der Waals surface area contributed by atoms with Gasteiger partial charge in [-0.15, -0.1) is 0 Å². The molecule has 2 aromatic carbocycles. The smallest absolute Gasteiger partial charge is 0.290 e. The second kappa shape index (κ2) is 10.4. The molecular formula is C25H28N2O6.